The molecule has 74 valence electrons. The van der Waals surface area contributed by atoms with Gasteiger partial charge < -0.3 is 5.11 Å². The van der Waals surface area contributed by atoms with E-state index in [-0.39, 0.29) is 0 Å². The average Bonchev–Trinajstić information content (AvgIpc) is 2.16. The van der Waals surface area contributed by atoms with Crippen LogP contribution in [0.5, 0.6) is 0 Å². The molecule has 2 atom stereocenters. The van der Waals surface area contributed by atoms with Crippen molar-refractivity contribution < 1.29 is 19.9 Å². The molecule has 0 aromatic carbocycles. The molecule has 1 saturated carbocycles. The van der Waals surface area contributed by atoms with Gasteiger partial charge in [-0.3, -0.25) is 14.8 Å². The molecule has 0 aliphatic heterocycles. The van der Waals surface area contributed by atoms with E-state index < -0.39 is 23.7 Å². The standard InChI is InChI=1S/C8H13NO4/c10-7(9-13)5-3-1-2-4-6(5)8(11)12/h5-6,13H,1-4H2,(H,9,10)(H,11,12)/t5-,6+/m1/s1. The Balaban J connectivity index is 2.67. The van der Waals surface area contributed by atoms with Gasteiger partial charge in [-0.1, -0.05) is 12.8 Å². The highest BCUT2D eigenvalue weighted by molar-refractivity contribution is 5.84. The van der Waals surface area contributed by atoms with E-state index in [9.17, 15) is 9.59 Å². The molecule has 1 amide bonds. The normalized spacial score (nSPS) is 28.1. The van der Waals surface area contributed by atoms with Crippen LogP contribution in [0.15, 0.2) is 0 Å². The highest BCUT2D eigenvalue weighted by atomic mass is 16.5. The van der Waals surface area contributed by atoms with Crippen LogP contribution in [0.2, 0.25) is 0 Å². The second kappa shape index (κ2) is 4.23. The predicted molar refractivity (Wildman–Crippen MR) is 43.0 cm³/mol. The number of carboxylic acid groups (broad SMARTS) is 1. The summed E-state index contributed by atoms with van der Waals surface area (Å²) >= 11 is 0. The monoisotopic (exact) mass is 187 g/mol. The van der Waals surface area contributed by atoms with E-state index in [0.717, 1.165) is 12.8 Å². The lowest BCUT2D eigenvalue weighted by atomic mass is 9.79. The quantitative estimate of drug-likeness (QED) is 0.431. The summed E-state index contributed by atoms with van der Waals surface area (Å²) in [5.41, 5.74) is 1.52. The number of carboxylic acids is 1. The Bertz CT molecular complexity index is 216. The highest BCUT2D eigenvalue weighted by Gasteiger charge is 2.35. The lowest BCUT2D eigenvalue weighted by molar-refractivity contribution is -0.151. The number of carbonyl (C=O) groups excluding carboxylic acids is 1. The van der Waals surface area contributed by atoms with Gasteiger partial charge in [0, 0.05) is 0 Å². The van der Waals surface area contributed by atoms with Gasteiger partial charge in [0.25, 0.3) is 0 Å². The van der Waals surface area contributed by atoms with Crippen LogP contribution in [0, 0.1) is 11.8 Å². The first-order valence-electron chi connectivity index (χ1n) is 4.33. The second-order valence-electron chi connectivity index (χ2n) is 3.31. The van der Waals surface area contributed by atoms with Gasteiger partial charge in [0.2, 0.25) is 5.91 Å². The fourth-order valence-electron chi connectivity index (χ4n) is 1.82. The Morgan fingerprint density at radius 3 is 2.15 bits per heavy atom. The molecule has 0 saturated heterocycles. The third-order valence-corrected chi connectivity index (χ3v) is 2.53. The fraction of sp³-hybridized carbons (Fsp3) is 0.750. The van der Waals surface area contributed by atoms with Gasteiger partial charge in [0.15, 0.2) is 0 Å². The van der Waals surface area contributed by atoms with E-state index in [1.807, 2.05) is 0 Å². The minimum Gasteiger partial charge on any atom is -0.481 e. The van der Waals surface area contributed by atoms with Gasteiger partial charge in [-0.15, -0.1) is 0 Å². The first-order chi connectivity index (χ1) is 6.16. The summed E-state index contributed by atoms with van der Waals surface area (Å²) in [4.78, 5) is 21.8. The Labute approximate surface area is 75.7 Å². The summed E-state index contributed by atoms with van der Waals surface area (Å²) in [5, 5.41) is 17.2. The van der Waals surface area contributed by atoms with Gasteiger partial charge in [0.1, 0.15) is 0 Å². The zero-order valence-electron chi connectivity index (χ0n) is 7.19. The van der Waals surface area contributed by atoms with Crippen molar-refractivity contribution in [2.24, 2.45) is 11.8 Å². The molecule has 1 rings (SSSR count). The topological polar surface area (TPSA) is 86.6 Å². The molecule has 0 aromatic rings. The second-order valence-corrected chi connectivity index (χ2v) is 3.31. The molecule has 0 aromatic heterocycles. The molecule has 13 heavy (non-hydrogen) atoms. The van der Waals surface area contributed by atoms with Crippen LogP contribution < -0.4 is 5.48 Å². The molecular formula is C8H13NO4. The molecule has 1 aliphatic rings. The largest absolute Gasteiger partial charge is 0.481 e. The fourth-order valence-corrected chi connectivity index (χ4v) is 1.82. The van der Waals surface area contributed by atoms with Crippen LogP contribution in [0.4, 0.5) is 0 Å². The molecule has 5 heteroatoms. The summed E-state index contributed by atoms with van der Waals surface area (Å²) in [6, 6.07) is 0. The van der Waals surface area contributed by atoms with Crippen LogP contribution in [0.3, 0.4) is 0 Å². The summed E-state index contributed by atoms with van der Waals surface area (Å²) in [5.74, 6) is -2.74. The maximum Gasteiger partial charge on any atom is 0.307 e. The van der Waals surface area contributed by atoms with Crippen molar-refractivity contribution in [3.05, 3.63) is 0 Å². The van der Waals surface area contributed by atoms with Crippen molar-refractivity contribution in [2.45, 2.75) is 25.7 Å². The number of hydrogen-bond acceptors (Lipinski definition) is 3. The summed E-state index contributed by atoms with van der Waals surface area (Å²) in [7, 11) is 0. The summed E-state index contributed by atoms with van der Waals surface area (Å²) in [6.45, 7) is 0. The zero-order valence-corrected chi connectivity index (χ0v) is 7.19. The molecule has 0 spiro atoms. The lowest BCUT2D eigenvalue weighted by Crippen LogP contribution is -2.38. The molecule has 0 heterocycles. The number of carbonyl (C=O) groups is 2. The van der Waals surface area contributed by atoms with Gasteiger partial charge in [-0.25, -0.2) is 5.48 Å². The van der Waals surface area contributed by atoms with Crippen molar-refractivity contribution in [1.29, 1.82) is 0 Å². The molecule has 0 bridgehead atoms. The number of rotatable bonds is 2. The molecule has 0 unspecified atom stereocenters. The number of aliphatic carboxylic acids is 1. The van der Waals surface area contributed by atoms with E-state index >= 15 is 0 Å². The molecule has 1 aliphatic carbocycles. The summed E-state index contributed by atoms with van der Waals surface area (Å²) < 4.78 is 0. The minimum atomic E-state index is -0.951. The SMILES string of the molecule is O=C(O)[C@H]1CCCC[C@H]1C(=O)NO. The average molecular weight is 187 g/mol. The van der Waals surface area contributed by atoms with Crippen molar-refractivity contribution in [1.82, 2.24) is 5.48 Å². The number of hydrogen-bond donors (Lipinski definition) is 3. The zero-order chi connectivity index (χ0) is 9.84. The maximum atomic E-state index is 11.1. The van der Waals surface area contributed by atoms with Gasteiger partial charge >= 0.3 is 5.97 Å². The van der Waals surface area contributed by atoms with E-state index in [2.05, 4.69) is 0 Å². The van der Waals surface area contributed by atoms with Crippen molar-refractivity contribution in [3.63, 3.8) is 0 Å². The lowest BCUT2D eigenvalue weighted by Gasteiger charge is -2.26. The maximum absolute atomic E-state index is 11.1. The Kier molecular flexibility index (Phi) is 3.25. The highest BCUT2D eigenvalue weighted by Crippen LogP contribution is 2.30. The van der Waals surface area contributed by atoms with Crippen LogP contribution in [-0.2, 0) is 9.59 Å². The van der Waals surface area contributed by atoms with E-state index in [4.69, 9.17) is 10.3 Å². The Morgan fingerprint density at radius 2 is 1.69 bits per heavy atom. The molecular weight excluding hydrogens is 174 g/mol. The number of amides is 1. The Morgan fingerprint density at radius 1 is 1.15 bits per heavy atom. The van der Waals surface area contributed by atoms with Crippen LogP contribution >= 0.6 is 0 Å². The van der Waals surface area contributed by atoms with Crippen LogP contribution in [0.25, 0.3) is 0 Å². The summed E-state index contributed by atoms with van der Waals surface area (Å²) in [6.07, 6.45) is 2.75. The van der Waals surface area contributed by atoms with Crippen molar-refractivity contribution in [3.8, 4) is 0 Å². The molecule has 1 fully saturated rings. The van der Waals surface area contributed by atoms with E-state index in [1.54, 1.807) is 0 Å². The molecule has 3 N–H and O–H groups in total. The third-order valence-electron chi connectivity index (χ3n) is 2.53. The van der Waals surface area contributed by atoms with Crippen LogP contribution in [-0.4, -0.2) is 22.2 Å². The smallest absolute Gasteiger partial charge is 0.307 e. The van der Waals surface area contributed by atoms with Gasteiger partial charge in [-0.2, -0.15) is 0 Å². The Hall–Kier alpha value is -1.10. The molecule has 5 nitrogen and oxygen atoms in total. The number of hydroxylamine groups is 1. The predicted octanol–water partition coefficient (Wildman–Crippen LogP) is 0.383. The van der Waals surface area contributed by atoms with Gasteiger partial charge in [-0.05, 0) is 12.8 Å². The third kappa shape index (κ3) is 2.18. The first-order valence-corrected chi connectivity index (χ1v) is 4.33. The van der Waals surface area contributed by atoms with Crippen LogP contribution in [0.1, 0.15) is 25.7 Å². The number of nitrogens with one attached hydrogen (secondary N) is 1. The minimum absolute atomic E-state index is 0.521. The molecule has 0 radical (unpaired) electrons. The first kappa shape index (κ1) is 9.98. The van der Waals surface area contributed by atoms with Gasteiger partial charge in [0.05, 0.1) is 11.8 Å². The van der Waals surface area contributed by atoms with E-state index in [1.165, 1.54) is 5.48 Å². The van der Waals surface area contributed by atoms with E-state index in [0.29, 0.717) is 12.8 Å². The van der Waals surface area contributed by atoms with Crippen molar-refractivity contribution >= 4 is 11.9 Å². The van der Waals surface area contributed by atoms with Crippen molar-refractivity contribution in [2.75, 3.05) is 0 Å².